The molecule has 154 valence electrons. The molecule has 1 aromatic heterocycles. The number of aromatic nitrogens is 1. The van der Waals surface area contributed by atoms with Crippen LogP contribution in [-0.4, -0.2) is 53.6 Å². The normalized spacial score (nSPS) is 23.0. The average Bonchev–Trinajstić information content (AvgIpc) is 3.30. The van der Waals surface area contributed by atoms with Gasteiger partial charge in [0.2, 0.25) is 0 Å². The lowest BCUT2D eigenvalue weighted by atomic mass is 10.1. The van der Waals surface area contributed by atoms with Gasteiger partial charge in [0.15, 0.2) is 5.96 Å². The summed E-state index contributed by atoms with van der Waals surface area (Å²) in [5.41, 5.74) is 3.90. The van der Waals surface area contributed by atoms with Crippen molar-refractivity contribution in [1.29, 1.82) is 0 Å². The van der Waals surface area contributed by atoms with Crippen LogP contribution in [0.4, 0.5) is 0 Å². The van der Waals surface area contributed by atoms with Crippen LogP contribution < -0.4 is 10.6 Å². The fourth-order valence-electron chi connectivity index (χ4n) is 4.45. The first-order valence-electron chi connectivity index (χ1n) is 10.5. The number of rotatable bonds is 6. The van der Waals surface area contributed by atoms with Crippen molar-refractivity contribution in [3.63, 3.8) is 0 Å². The highest BCUT2D eigenvalue weighted by atomic mass is 127. The number of H-pyrrole nitrogens is 1. The number of aliphatic imine (C=N–C) groups is 1. The third kappa shape index (κ3) is 4.82. The summed E-state index contributed by atoms with van der Waals surface area (Å²) in [7, 11) is 0. The van der Waals surface area contributed by atoms with E-state index in [9.17, 15) is 0 Å². The van der Waals surface area contributed by atoms with Crippen molar-refractivity contribution in [2.24, 2.45) is 4.99 Å². The first-order valence-corrected chi connectivity index (χ1v) is 10.5. The van der Waals surface area contributed by atoms with Crippen LogP contribution in [0, 0.1) is 6.92 Å². The van der Waals surface area contributed by atoms with Gasteiger partial charge >= 0.3 is 0 Å². The van der Waals surface area contributed by atoms with Crippen LogP contribution in [0.15, 0.2) is 29.4 Å². The third-order valence-corrected chi connectivity index (χ3v) is 5.98. The quantitative estimate of drug-likeness (QED) is 0.325. The lowest BCUT2D eigenvalue weighted by molar-refractivity contribution is 0.256. The van der Waals surface area contributed by atoms with Crippen LogP contribution in [0.1, 0.15) is 44.2 Å². The highest BCUT2D eigenvalue weighted by molar-refractivity contribution is 14.0. The van der Waals surface area contributed by atoms with Crippen molar-refractivity contribution in [2.75, 3.05) is 19.6 Å². The van der Waals surface area contributed by atoms with E-state index in [2.05, 4.69) is 65.7 Å². The van der Waals surface area contributed by atoms with Crippen molar-refractivity contribution in [3.8, 4) is 0 Å². The molecule has 1 aliphatic heterocycles. The maximum atomic E-state index is 4.85. The molecule has 3 N–H and O–H groups in total. The predicted octanol–water partition coefficient (Wildman–Crippen LogP) is 3.82. The smallest absolute Gasteiger partial charge is 0.191 e. The summed E-state index contributed by atoms with van der Waals surface area (Å²) in [5.74, 6) is 0.961. The summed E-state index contributed by atoms with van der Waals surface area (Å²) in [4.78, 5) is 10.9. The number of aryl methyl sites for hydroxylation is 1. The summed E-state index contributed by atoms with van der Waals surface area (Å²) in [5, 5.41) is 8.43. The average molecular weight is 495 g/mol. The molecule has 0 spiro atoms. The predicted molar refractivity (Wildman–Crippen MR) is 129 cm³/mol. The van der Waals surface area contributed by atoms with Crippen LogP contribution in [-0.2, 0) is 6.42 Å². The molecular weight excluding hydrogens is 461 g/mol. The second-order valence-corrected chi connectivity index (χ2v) is 8.18. The fourth-order valence-corrected chi connectivity index (χ4v) is 4.45. The zero-order chi connectivity index (χ0) is 18.8. The molecule has 0 amide bonds. The Labute approximate surface area is 185 Å². The van der Waals surface area contributed by atoms with Gasteiger partial charge in [-0.05, 0) is 57.6 Å². The number of hydrogen-bond acceptors (Lipinski definition) is 2. The minimum absolute atomic E-state index is 0. The number of fused-ring (bicyclic) bond motifs is 1. The van der Waals surface area contributed by atoms with E-state index in [0.29, 0.717) is 12.1 Å². The van der Waals surface area contributed by atoms with E-state index >= 15 is 0 Å². The summed E-state index contributed by atoms with van der Waals surface area (Å²) in [6.07, 6.45) is 7.07. The minimum Gasteiger partial charge on any atom is -0.361 e. The molecule has 2 atom stereocenters. The molecule has 2 aliphatic rings. The topological polar surface area (TPSA) is 55.5 Å². The number of benzene rings is 1. The van der Waals surface area contributed by atoms with Crippen molar-refractivity contribution in [1.82, 2.24) is 20.5 Å². The molecular formula is C22H34IN5. The first kappa shape index (κ1) is 21.4. The number of nitrogens with zero attached hydrogens (tertiary/aromatic N) is 2. The minimum atomic E-state index is 0. The molecule has 5 nitrogen and oxygen atoms in total. The van der Waals surface area contributed by atoms with Gasteiger partial charge in [0.05, 0.1) is 0 Å². The molecule has 2 heterocycles. The monoisotopic (exact) mass is 495 g/mol. The number of likely N-dealkylation sites (tertiary alicyclic amines) is 1. The molecule has 4 rings (SSSR count). The summed E-state index contributed by atoms with van der Waals surface area (Å²) in [6.45, 7) is 9.49. The molecule has 1 aliphatic carbocycles. The standard InChI is InChI=1S/C22H33N5.HI/c1-4-23-22(26-18-12-16(3)27(14-18)19-8-9-19)24-11-10-17-13-25-21-15(2)6-5-7-20(17)21;/h5-7,13,16,18-19,25H,4,8-12,14H2,1-3H3,(H2,23,24,26);1H. The highest BCUT2D eigenvalue weighted by Gasteiger charge is 2.38. The Morgan fingerprint density at radius 3 is 2.89 bits per heavy atom. The van der Waals surface area contributed by atoms with Gasteiger partial charge in [-0.25, -0.2) is 0 Å². The molecule has 0 radical (unpaired) electrons. The van der Waals surface area contributed by atoms with Gasteiger partial charge in [0.25, 0.3) is 0 Å². The second-order valence-electron chi connectivity index (χ2n) is 8.18. The van der Waals surface area contributed by atoms with Crippen LogP contribution >= 0.6 is 24.0 Å². The van der Waals surface area contributed by atoms with Crippen molar-refractivity contribution in [3.05, 3.63) is 35.5 Å². The van der Waals surface area contributed by atoms with Crippen molar-refractivity contribution >= 4 is 40.8 Å². The van der Waals surface area contributed by atoms with E-state index in [1.54, 1.807) is 0 Å². The van der Waals surface area contributed by atoms with E-state index < -0.39 is 0 Å². The molecule has 1 aromatic carbocycles. The number of aromatic amines is 1. The largest absolute Gasteiger partial charge is 0.361 e. The van der Waals surface area contributed by atoms with E-state index in [-0.39, 0.29) is 24.0 Å². The van der Waals surface area contributed by atoms with Gasteiger partial charge in [-0.15, -0.1) is 24.0 Å². The fraction of sp³-hybridized carbons (Fsp3) is 0.591. The zero-order valence-corrected chi connectivity index (χ0v) is 19.6. The van der Waals surface area contributed by atoms with Gasteiger partial charge in [-0.1, -0.05) is 18.2 Å². The van der Waals surface area contributed by atoms with E-state index in [0.717, 1.165) is 38.1 Å². The van der Waals surface area contributed by atoms with Crippen LogP contribution in [0.5, 0.6) is 0 Å². The van der Waals surface area contributed by atoms with Gasteiger partial charge in [-0.2, -0.15) is 0 Å². The Morgan fingerprint density at radius 2 is 2.14 bits per heavy atom. The van der Waals surface area contributed by atoms with Crippen molar-refractivity contribution in [2.45, 2.75) is 64.6 Å². The first-order chi connectivity index (χ1) is 13.2. The number of guanidine groups is 1. The molecule has 2 aromatic rings. The molecule has 0 bridgehead atoms. The maximum Gasteiger partial charge on any atom is 0.191 e. The summed E-state index contributed by atoms with van der Waals surface area (Å²) >= 11 is 0. The zero-order valence-electron chi connectivity index (χ0n) is 17.3. The van der Waals surface area contributed by atoms with Crippen LogP contribution in [0.25, 0.3) is 10.9 Å². The Kier molecular flexibility index (Phi) is 7.25. The van der Waals surface area contributed by atoms with Crippen LogP contribution in [0.2, 0.25) is 0 Å². The molecule has 28 heavy (non-hydrogen) atoms. The SMILES string of the molecule is CCNC(=NCCc1c[nH]c2c(C)cccc12)NC1CC(C)N(C2CC2)C1.I. The lowest BCUT2D eigenvalue weighted by Gasteiger charge is -2.20. The Balaban J connectivity index is 0.00000225. The molecule has 6 heteroatoms. The number of nitrogens with one attached hydrogen (secondary N) is 3. The summed E-state index contributed by atoms with van der Waals surface area (Å²) < 4.78 is 0. The lowest BCUT2D eigenvalue weighted by Crippen LogP contribution is -2.44. The Hall–Kier alpha value is -1.28. The summed E-state index contributed by atoms with van der Waals surface area (Å²) in [6, 6.07) is 8.53. The molecule has 2 unspecified atom stereocenters. The Morgan fingerprint density at radius 1 is 1.32 bits per heavy atom. The number of para-hydroxylation sites is 1. The van der Waals surface area contributed by atoms with Gasteiger partial charge in [-0.3, -0.25) is 9.89 Å². The van der Waals surface area contributed by atoms with Gasteiger partial charge < -0.3 is 15.6 Å². The van der Waals surface area contributed by atoms with Gasteiger partial charge in [0.1, 0.15) is 0 Å². The second kappa shape index (κ2) is 9.48. The molecule has 1 saturated carbocycles. The van der Waals surface area contributed by atoms with E-state index in [1.807, 2.05) is 0 Å². The molecule has 1 saturated heterocycles. The Bertz CT molecular complexity index is 810. The van der Waals surface area contributed by atoms with E-state index in [1.165, 1.54) is 41.3 Å². The molecule has 2 fully saturated rings. The number of halogens is 1. The van der Waals surface area contributed by atoms with Gasteiger partial charge in [0, 0.05) is 54.9 Å². The van der Waals surface area contributed by atoms with Crippen molar-refractivity contribution < 1.29 is 0 Å². The third-order valence-electron chi connectivity index (χ3n) is 5.98. The van der Waals surface area contributed by atoms with Crippen LogP contribution in [0.3, 0.4) is 0 Å². The highest BCUT2D eigenvalue weighted by Crippen LogP contribution is 2.33. The van der Waals surface area contributed by atoms with E-state index in [4.69, 9.17) is 4.99 Å². The number of hydrogen-bond donors (Lipinski definition) is 3. The maximum absolute atomic E-state index is 4.85.